The monoisotopic (exact) mass is 330 g/mol. The number of hydrogen-bond donors (Lipinski definition) is 2. The standard InChI is InChI=1S/C21H30O3/c1-13-8-9-17-16(10-13)20-18(23)11-15(7-5-6-14(2)22)12-19(20)24-21(17,3)4/h10-12,14,16-17,22-23H,5-9H2,1-4H3/t14-,16?,17-/m1/s1. The van der Waals surface area contributed by atoms with Gasteiger partial charge in [-0.15, -0.1) is 0 Å². The topological polar surface area (TPSA) is 49.7 Å². The van der Waals surface area contributed by atoms with Crippen molar-refractivity contribution >= 4 is 0 Å². The van der Waals surface area contributed by atoms with E-state index in [-0.39, 0.29) is 17.6 Å². The Labute approximate surface area is 145 Å². The lowest BCUT2D eigenvalue weighted by Crippen LogP contribution is -2.45. The van der Waals surface area contributed by atoms with Crippen LogP contribution in [0.1, 0.15) is 70.4 Å². The number of benzene rings is 1. The maximum atomic E-state index is 10.7. The molecule has 1 unspecified atom stereocenters. The SMILES string of the molecule is CC1=CC2c3c(O)cc(CCC[C@@H](C)O)cc3OC(C)(C)[C@@H]2CC1. The number of aliphatic hydroxyl groups excluding tert-OH is 1. The third kappa shape index (κ3) is 3.32. The van der Waals surface area contributed by atoms with E-state index in [1.54, 1.807) is 0 Å². The fraction of sp³-hybridized carbons (Fsp3) is 0.619. The molecule has 1 heterocycles. The maximum Gasteiger partial charge on any atom is 0.127 e. The van der Waals surface area contributed by atoms with E-state index < -0.39 is 0 Å². The third-order valence-corrected chi connectivity index (χ3v) is 5.61. The van der Waals surface area contributed by atoms with Gasteiger partial charge in [-0.05, 0) is 77.5 Å². The fourth-order valence-electron chi connectivity index (χ4n) is 4.33. The quantitative estimate of drug-likeness (QED) is 0.786. The predicted molar refractivity (Wildman–Crippen MR) is 96.7 cm³/mol. The molecule has 0 saturated heterocycles. The summed E-state index contributed by atoms with van der Waals surface area (Å²) in [6, 6.07) is 3.98. The first-order chi connectivity index (χ1) is 11.3. The van der Waals surface area contributed by atoms with Gasteiger partial charge in [0.2, 0.25) is 0 Å². The molecule has 3 nitrogen and oxygen atoms in total. The Morgan fingerprint density at radius 2 is 2.08 bits per heavy atom. The Bertz CT molecular complexity index is 643. The van der Waals surface area contributed by atoms with E-state index in [4.69, 9.17) is 4.74 Å². The highest BCUT2D eigenvalue weighted by Gasteiger charge is 2.45. The van der Waals surface area contributed by atoms with Crippen molar-refractivity contribution in [2.45, 2.75) is 77.4 Å². The molecule has 3 atom stereocenters. The highest BCUT2D eigenvalue weighted by molar-refractivity contribution is 5.53. The number of phenolic OH excluding ortho intramolecular Hbond substituents is 1. The third-order valence-electron chi connectivity index (χ3n) is 5.61. The molecule has 2 N–H and O–H groups in total. The second-order valence-corrected chi connectivity index (χ2v) is 8.16. The Hall–Kier alpha value is -1.48. The van der Waals surface area contributed by atoms with Gasteiger partial charge in [0.15, 0.2) is 0 Å². The summed E-state index contributed by atoms with van der Waals surface area (Å²) < 4.78 is 6.33. The molecule has 1 aromatic carbocycles. The van der Waals surface area contributed by atoms with Crippen LogP contribution in [0, 0.1) is 5.92 Å². The zero-order valence-electron chi connectivity index (χ0n) is 15.3. The van der Waals surface area contributed by atoms with Crippen molar-refractivity contribution in [3.05, 3.63) is 34.9 Å². The molecule has 0 amide bonds. The van der Waals surface area contributed by atoms with Gasteiger partial charge in [0, 0.05) is 17.4 Å². The molecule has 24 heavy (non-hydrogen) atoms. The number of phenols is 1. The summed E-state index contributed by atoms with van der Waals surface area (Å²) >= 11 is 0. The zero-order chi connectivity index (χ0) is 17.5. The van der Waals surface area contributed by atoms with Crippen LogP contribution in [0.3, 0.4) is 0 Å². The van der Waals surface area contributed by atoms with E-state index in [0.717, 1.165) is 49.0 Å². The lowest BCUT2D eigenvalue weighted by Gasteiger charge is -2.46. The van der Waals surface area contributed by atoms with Crippen molar-refractivity contribution in [3.8, 4) is 11.5 Å². The van der Waals surface area contributed by atoms with Crippen molar-refractivity contribution in [2.24, 2.45) is 5.92 Å². The Morgan fingerprint density at radius 3 is 2.79 bits per heavy atom. The van der Waals surface area contributed by atoms with Crippen molar-refractivity contribution in [1.29, 1.82) is 0 Å². The number of aromatic hydroxyl groups is 1. The maximum absolute atomic E-state index is 10.7. The predicted octanol–water partition coefficient (Wildman–Crippen LogP) is 4.71. The minimum absolute atomic E-state index is 0.223. The van der Waals surface area contributed by atoms with Gasteiger partial charge in [0.25, 0.3) is 0 Å². The average Bonchev–Trinajstić information content (AvgIpc) is 2.45. The minimum Gasteiger partial charge on any atom is -0.507 e. The van der Waals surface area contributed by atoms with Crippen LogP contribution < -0.4 is 4.74 Å². The van der Waals surface area contributed by atoms with Crippen molar-refractivity contribution in [3.63, 3.8) is 0 Å². The summed E-state index contributed by atoms with van der Waals surface area (Å²) in [4.78, 5) is 0. The molecule has 0 aromatic heterocycles. The second-order valence-electron chi connectivity index (χ2n) is 8.16. The molecule has 0 fully saturated rings. The average molecular weight is 330 g/mol. The molecule has 1 aliphatic carbocycles. The lowest BCUT2D eigenvalue weighted by molar-refractivity contribution is 0.0107. The molecule has 132 valence electrons. The van der Waals surface area contributed by atoms with Crippen LogP contribution in [0.25, 0.3) is 0 Å². The van der Waals surface area contributed by atoms with E-state index in [1.807, 2.05) is 13.0 Å². The summed E-state index contributed by atoms with van der Waals surface area (Å²) in [5.41, 5.74) is 3.22. The highest BCUT2D eigenvalue weighted by Crippen LogP contribution is 2.53. The number of aryl methyl sites for hydroxylation is 1. The molecule has 0 saturated carbocycles. The first kappa shape index (κ1) is 17.3. The number of allylic oxidation sites excluding steroid dienone is 2. The van der Waals surface area contributed by atoms with Crippen LogP contribution in [0.15, 0.2) is 23.8 Å². The summed E-state index contributed by atoms with van der Waals surface area (Å²) in [5.74, 6) is 1.83. The van der Waals surface area contributed by atoms with Gasteiger partial charge < -0.3 is 14.9 Å². The molecule has 3 rings (SSSR count). The minimum atomic E-state index is -0.275. The smallest absolute Gasteiger partial charge is 0.127 e. The molecule has 0 bridgehead atoms. The summed E-state index contributed by atoms with van der Waals surface area (Å²) in [6.45, 7) is 8.33. The highest BCUT2D eigenvalue weighted by atomic mass is 16.5. The lowest BCUT2D eigenvalue weighted by atomic mass is 9.68. The van der Waals surface area contributed by atoms with E-state index >= 15 is 0 Å². The molecule has 0 spiro atoms. The summed E-state index contributed by atoms with van der Waals surface area (Å²) in [6.07, 6.45) is 6.79. The van der Waals surface area contributed by atoms with E-state index in [9.17, 15) is 10.2 Å². The normalized spacial score (nSPS) is 26.0. The van der Waals surface area contributed by atoms with Crippen LogP contribution in [-0.2, 0) is 6.42 Å². The zero-order valence-corrected chi connectivity index (χ0v) is 15.3. The van der Waals surface area contributed by atoms with Gasteiger partial charge in [-0.25, -0.2) is 0 Å². The van der Waals surface area contributed by atoms with Crippen molar-refractivity contribution in [2.75, 3.05) is 0 Å². The number of aliphatic hydroxyl groups is 1. The van der Waals surface area contributed by atoms with E-state index in [1.165, 1.54) is 5.57 Å². The van der Waals surface area contributed by atoms with E-state index in [0.29, 0.717) is 11.7 Å². The van der Waals surface area contributed by atoms with Gasteiger partial charge in [0.1, 0.15) is 17.1 Å². The molecule has 0 radical (unpaired) electrons. The Balaban J connectivity index is 1.94. The molecular formula is C21H30O3. The Kier molecular flexibility index (Phi) is 4.65. The largest absolute Gasteiger partial charge is 0.507 e. The number of hydrogen-bond acceptors (Lipinski definition) is 3. The molecule has 3 heteroatoms. The first-order valence-corrected chi connectivity index (χ1v) is 9.18. The van der Waals surface area contributed by atoms with E-state index in [2.05, 4.69) is 32.9 Å². The van der Waals surface area contributed by atoms with Crippen LogP contribution in [0.2, 0.25) is 0 Å². The Morgan fingerprint density at radius 1 is 1.33 bits per heavy atom. The summed E-state index contributed by atoms with van der Waals surface area (Å²) in [7, 11) is 0. The second kappa shape index (κ2) is 6.44. The van der Waals surface area contributed by atoms with Gasteiger partial charge >= 0.3 is 0 Å². The molecule has 2 aliphatic rings. The molecule has 1 aliphatic heterocycles. The number of rotatable bonds is 4. The van der Waals surface area contributed by atoms with Crippen molar-refractivity contribution < 1.29 is 14.9 Å². The van der Waals surface area contributed by atoms with Crippen LogP contribution in [0.4, 0.5) is 0 Å². The summed E-state index contributed by atoms with van der Waals surface area (Å²) in [5, 5.41) is 20.1. The number of ether oxygens (including phenoxy) is 1. The van der Waals surface area contributed by atoms with Gasteiger partial charge in [-0.3, -0.25) is 0 Å². The van der Waals surface area contributed by atoms with Gasteiger partial charge in [-0.2, -0.15) is 0 Å². The molecular weight excluding hydrogens is 300 g/mol. The van der Waals surface area contributed by atoms with Crippen LogP contribution in [-0.4, -0.2) is 21.9 Å². The van der Waals surface area contributed by atoms with Gasteiger partial charge in [-0.1, -0.05) is 11.6 Å². The van der Waals surface area contributed by atoms with Crippen molar-refractivity contribution in [1.82, 2.24) is 0 Å². The van der Waals surface area contributed by atoms with Crippen LogP contribution in [0.5, 0.6) is 11.5 Å². The fourth-order valence-corrected chi connectivity index (χ4v) is 4.33. The number of fused-ring (bicyclic) bond motifs is 3. The van der Waals surface area contributed by atoms with Gasteiger partial charge in [0.05, 0.1) is 6.10 Å². The molecule has 1 aromatic rings. The first-order valence-electron chi connectivity index (χ1n) is 9.18. The van der Waals surface area contributed by atoms with Crippen LogP contribution >= 0.6 is 0 Å².